The Morgan fingerprint density at radius 3 is 2.18 bits per heavy atom. The predicted molar refractivity (Wildman–Crippen MR) is 117 cm³/mol. The van der Waals surface area contributed by atoms with Crippen LogP contribution in [0.5, 0.6) is 0 Å². The zero-order valence-electron chi connectivity index (χ0n) is 17.1. The van der Waals surface area contributed by atoms with E-state index in [1.54, 1.807) is 5.01 Å². The van der Waals surface area contributed by atoms with E-state index in [0.29, 0.717) is 12.6 Å². The molecule has 0 saturated carbocycles. The van der Waals surface area contributed by atoms with Gasteiger partial charge in [0, 0.05) is 6.54 Å². The number of benzene rings is 2. The number of aromatic nitrogens is 1. The molecule has 0 saturated heterocycles. The van der Waals surface area contributed by atoms with Gasteiger partial charge in [0.05, 0.1) is 0 Å². The van der Waals surface area contributed by atoms with Gasteiger partial charge in [-0.2, -0.15) is 4.98 Å². The monoisotopic (exact) mass is 379 g/mol. The molecule has 0 bridgehead atoms. The topological polar surface area (TPSA) is 55.3 Å². The fourth-order valence-corrected chi connectivity index (χ4v) is 3.51. The van der Waals surface area contributed by atoms with Gasteiger partial charge in [-0.3, -0.25) is 5.01 Å². The lowest BCUT2D eigenvalue weighted by molar-refractivity contribution is 0.565. The number of nitrogens with two attached hydrogens (primary N) is 1. The van der Waals surface area contributed by atoms with Crippen LogP contribution in [-0.2, 0) is 12.8 Å². The number of hydrogen-bond donors (Lipinski definition) is 1. The molecule has 0 aliphatic carbocycles. The molecule has 0 radical (unpaired) electrons. The van der Waals surface area contributed by atoms with Crippen LogP contribution >= 0.6 is 0 Å². The van der Waals surface area contributed by atoms with Crippen LogP contribution in [0.25, 0.3) is 11.1 Å². The molecule has 0 fully saturated rings. The number of aryl methyl sites for hydroxylation is 2. The van der Waals surface area contributed by atoms with Crippen LogP contribution in [0.3, 0.4) is 0 Å². The van der Waals surface area contributed by atoms with Gasteiger partial charge >= 0.3 is 6.01 Å². The van der Waals surface area contributed by atoms with E-state index < -0.39 is 0 Å². The second-order valence-electron chi connectivity index (χ2n) is 7.60. The first-order valence-electron chi connectivity index (χ1n) is 10.7. The van der Waals surface area contributed by atoms with Gasteiger partial charge in [-0.25, -0.2) is 5.84 Å². The highest BCUT2D eigenvalue weighted by atomic mass is 16.4. The summed E-state index contributed by atoms with van der Waals surface area (Å²) in [6, 6.07) is 17.3. The van der Waals surface area contributed by atoms with Crippen LogP contribution in [0.15, 0.2) is 52.9 Å². The first-order valence-corrected chi connectivity index (χ1v) is 10.7. The number of hydrazine groups is 1. The standard InChI is InChI=1S/C24H33N3O/c1-2-3-4-5-6-7-11-20-15-17-21(18-16-20)12-10-19-27(25)24-26-22-13-8-9-14-23(22)28-24/h8-9,13-18H,2-7,10-12,19,25H2,1H3. The number of oxazole rings is 1. The third kappa shape index (κ3) is 6.10. The maximum atomic E-state index is 6.12. The lowest BCUT2D eigenvalue weighted by Gasteiger charge is -2.13. The largest absolute Gasteiger partial charge is 0.422 e. The molecule has 28 heavy (non-hydrogen) atoms. The van der Waals surface area contributed by atoms with E-state index in [4.69, 9.17) is 10.3 Å². The van der Waals surface area contributed by atoms with Gasteiger partial charge in [0.1, 0.15) is 5.52 Å². The van der Waals surface area contributed by atoms with Gasteiger partial charge in [-0.1, -0.05) is 75.4 Å². The van der Waals surface area contributed by atoms with Crippen molar-refractivity contribution in [2.45, 2.75) is 64.7 Å². The Hall–Kier alpha value is -2.33. The number of hydrogen-bond acceptors (Lipinski definition) is 4. The molecular weight excluding hydrogens is 346 g/mol. The zero-order valence-corrected chi connectivity index (χ0v) is 17.1. The van der Waals surface area contributed by atoms with Crippen molar-refractivity contribution in [2.24, 2.45) is 5.84 Å². The molecule has 0 atom stereocenters. The van der Waals surface area contributed by atoms with Crippen LogP contribution in [0.4, 0.5) is 6.01 Å². The molecule has 1 aromatic heterocycles. The molecule has 0 amide bonds. The van der Waals surface area contributed by atoms with Gasteiger partial charge in [-0.15, -0.1) is 0 Å². The van der Waals surface area contributed by atoms with Crippen LogP contribution in [-0.4, -0.2) is 11.5 Å². The Morgan fingerprint density at radius 2 is 1.46 bits per heavy atom. The molecule has 4 nitrogen and oxygen atoms in total. The van der Waals surface area contributed by atoms with Crippen molar-refractivity contribution in [3.8, 4) is 0 Å². The predicted octanol–water partition coefficient (Wildman–Crippen LogP) is 6.04. The molecule has 1 heterocycles. The molecular formula is C24H33N3O. The number of para-hydroxylation sites is 2. The summed E-state index contributed by atoms with van der Waals surface area (Å²) < 4.78 is 5.71. The number of anilines is 1. The van der Waals surface area contributed by atoms with Gasteiger partial charge < -0.3 is 4.42 Å². The summed E-state index contributed by atoms with van der Waals surface area (Å²) >= 11 is 0. The average Bonchev–Trinajstić information content (AvgIpc) is 3.16. The molecule has 0 unspecified atom stereocenters. The minimum atomic E-state index is 0.482. The summed E-state index contributed by atoms with van der Waals surface area (Å²) in [5.74, 6) is 6.12. The summed E-state index contributed by atoms with van der Waals surface area (Å²) in [4.78, 5) is 4.44. The summed E-state index contributed by atoms with van der Waals surface area (Å²) in [7, 11) is 0. The number of rotatable bonds is 12. The van der Waals surface area contributed by atoms with Crippen molar-refractivity contribution in [2.75, 3.05) is 11.6 Å². The molecule has 0 aliphatic rings. The van der Waals surface area contributed by atoms with E-state index in [1.807, 2.05) is 24.3 Å². The lowest BCUT2D eigenvalue weighted by atomic mass is 10.0. The molecule has 150 valence electrons. The number of fused-ring (bicyclic) bond motifs is 1. The summed E-state index contributed by atoms with van der Waals surface area (Å²) in [5, 5.41) is 1.60. The average molecular weight is 380 g/mol. The SMILES string of the molecule is CCCCCCCCc1ccc(CCCN(N)c2nc3ccccc3o2)cc1. The summed E-state index contributed by atoms with van der Waals surface area (Å²) in [6.07, 6.45) is 11.3. The van der Waals surface area contributed by atoms with Gasteiger partial charge in [0.25, 0.3) is 0 Å². The van der Waals surface area contributed by atoms with E-state index in [-0.39, 0.29) is 0 Å². The molecule has 2 N–H and O–H groups in total. The van der Waals surface area contributed by atoms with E-state index in [2.05, 4.69) is 36.2 Å². The maximum Gasteiger partial charge on any atom is 0.313 e. The van der Waals surface area contributed by atoms with Crippen LogP contribution in [0.2, 0.25) is 0 Å². The van der Waals surface area contributed by atoms with Crippen molar-refractivity contribution in [1.29, 1.82) is 0 Å². The third-order valence-electron chi connectivity index (χ3n) is 5.23. The highest BCUT2D eigenvalue weighted by Gasteiger charge is 2.10. The van der Waals surface area contributed by atoms with Crippen LogP contribution < -0.4 is 10.9 Å². The van der Waals surface area contributed by atoms with E-state index in [0.717, 1.165) is 23.9 Å². The van der Waals surface area contributed by atoms with E-state index in [9.17, 15) is 0 Å². The van der Waals surface area contributed by atoms with Gasteiger partial charge in [0.15, 0.2) is 5.58 Å². The van der Waals surface area contributed by atoms with Crippen molar-refractivity contribution < 1.29 is 4.42 Å². The van der Waals surface area contributed by atoms with Gasteiger partial charge in [-0.05, 0) is 48.9 Å². The zero-order chi connectivity index (χ0) is 19.6. The van der Waals surface area contributed by atoms with E-state index >= 15 is 0 Å². The Bertz CT molecular complexity index is 792. The first-order chi connectivity index (χ1) is 13.8. The Kier molecular flexibility index (Phi) is 7.92. The van der Waals surface area contributed by atoms with Crippen molar-refractivity contribution in [3.05, 3.63) is 59.7 Å². The van der Waals surface area contributed by atoms with Crippen LogP contribution in [0, 0.1) is 0 Å². The molecule has 3 rings (SSSR count). The molecule has 0 spiro atoms. The minimum absolute atomic E-state index is 0.482. The smallest absolute Gasteiger partial charge is 0.313 e. The Balaban J connectivity index is 1.37. The van der Waals surface area contributed by atoms with Gasteiger partial charge in [0.2, 0.25) is 0 Å². The van der Waals surface area contributed by atoms with Crippen molar-refractivity contribution in [3.63, 3.8) is 0 Å². The Labute approximate surface area is 168 Å². The minimum Gasteiger partial charge on any atom is -0.422 e. The second kappa shape index (κ2) is 10.9. The molecule has 2 aromatic carbocycles. The number of unbranched alkanes of at least 4 members (excludes halogenated alkanes) is 5. The quantitative estimate of drug-likeness (QED) is 0.237. The highest BCUT2D eigenvalue weighted by molar-refractivity contribution is 5.74. The molecule has 0 aliphatic heterocycles. The van der Waals surface area contributed by atoms with Crippen molar-refractivity contribution in [1.82, 2.24) is 4.98 Å². The summed E-state index contributed by atoms with van der Waals surface area (Å²) in [6.45, 7) is 2.98. The molecule has 3 aromatic rings. The normalized spacial score (nSPS) is 11.2. The maximum absolute atomic E-state index is 6.12. The van der Waals surface area contributed by atoms with Crippen molar-refractivity contribution >= 4 is 17.1 Å². The first kappa shape index (κ1) is 20.4. The van der Waals surface area contributed by atoms with Crippen LogP contribution in [0.1, 0.15) is 63.0 Å². The number of nitrogens with zero attached hydrogens (tertiary/aromatic N) is 2. The van der Waals surface area contributed by atoms with E-state index in [1.165, 1.54) is 56.1 Å². The summed E-state index contributed by atoms with van der Waals surface area (Å²) in [5.41, 5.74) is 4.42. The Morgan fingerprint density at radius 1 is 0.821 bits per heavy atom. The highest BCUT2D eigenvalue weighted by Crippen LogP contribution is 2.20. The fraction of sp³-hybridized carbons (Fsp3) is 0.458. The fourth-order valence-electron chi connectivity index (χ4n) is 3.51. The molecule has 4 heteroatoms. The third-order valence-corrected chi connectivity index (χ3v) is 5.23. The second-order valence-corrected chi connectivity index (χ2v) is 7.60. The lowest BCUT2D eigenvalue weighted by Crippen LogP contribution is -2.32.